The number of cyclic esters (lactones) is 1. The smallest absolute Gasteiger partial charge is 0.306 e. The molecule has 0 spiro atoms. The highest BCUT2D eigenvalue weighted by Gasteiger charge is 2.24. The van der Waals surface area contributed by atoms with Crippen LogP contribution in [0.15, 0.2) is 71.9 Å². The zero-order chi connectivity index (χ0) is 29.3. The van der Waals surface area contributed by atoms with Crippen LogP contribution in [0.1, 0.15) is 80.6 Å². The molecule has 0 bridgehead atoms. The van der Waals surface area contributed by atoms with E-state index in [0.717, 1.165) is 16.7 Å². The number of benzene rings is 2. The van der Waals surface area contributed by atoms with E-state index in [-0.39, 0.29) is 37.2 Å². The molecule has 3 N–H and O–H groups in total. The number of rotatable bonds is 11. The molecule has 0 fully saturated rings. The summed E-state index contributed by atoms with van der Waals surface area (Å²) < 4.78 is 5.82. The van der Waals surface area contributed by atoms with E-state index in [2.05, 4.69) is 10.5 Å². The Morgan fingerprint density at radius 3 is 2.32 bits per heavy atom. The molecule has 41 heavy (non-hydrogen) atoms. The minimum Gasteiger partial charge on any atom is -0.456 e. The quantitative estimate of drug-likeness (QED) is 0.0931. The van der Waals surface area contributed by atoms with E-state index in [4.69, 9.17) is 9.94 Å². The molecule has 1 aliphatic rings. The highest BCUT2D eigenvalue weighted by Crippen LogP contribution is 2.22. The average Bonchev–Trinajstić information content (AvgIpc) is 2.98. The second-order valence-corrected chi connectivity index (χ2v) is 9.84. The Bertz CT molecular complexity index is 1200. The van der Waals surface area contributed by atoms with Crippen molar-refractivity contribution in [1.29, 1.82) is 0 Å². The van der Waals surface area contributed by atoms with Gasteiger partial charge in [0.05, 0.1) is 12.8 Å². The number of hydroxylamine groups is 1. The van der Waals surface area contributed by atoms with Crippen molar-refractivity contribution >= 4 is 29.9 Å². The Hall–Kier alpha value is -4.31. The molecule has 218 valence electrons. The molecule has 1 atom stereocenters. The predicted octanol–water partition coefficient (Wildman–Crippen LogP) is 4.34. The number of esters is 1. The minimum atomic E-state index is -0.564. The van der Waals surface area contributed by atoms with Crippen LogP contribution in [0.4, 0.5) is 0 Å². The zero-order valence-electron chi connectivity index (χ0n) is 23.2. The van der Waals surface area contributed by atoms with Crippen LogP contribution in [0.3, 0.4) is 0 Å². The van der Waals surface area contributed by atoms with Gasteiger partial charge < -0.3 is 9.64 Å². The first kappa shape index (κ1) is 31.2. The lowest BCUT2D eigenvalue weighted by molar-refractivity contribution is -0.152. The Balaban J connectivity index is 1.57. The van der Waals surface area contributed by atoms with Gasteiger partial charge >= 0.3 is 5.97 Å². The van der Waals surface area contributed by atoms with Gasteiger partial charge in [0.1, 0.15) is 6.10 Å². The van der Waals surface area contributed by atoms with Gasteiger partial charge in [0.2, 0.25) is 17.7 Å². The number of carbonyl (C=O) groups excluding carboxylic acids is 4. The van der Waals surface area contributed by atoms with Gasteiger partial charge in [-0.3, -0.25) is 24.4 Å². The number of hydrogen-bond donors (Lipinski definition) is 3. The summed E-state index contributed by atoms with van der Waals surface area (Å²) >= 11 is 0. The number of carbonyl (C=O) groups is 4. The van der Waals surface area contributed by atoms with E-state index in [1.807, 2.05) is 66.7 Å². The first-order valence-electron chi connectivity index (χ1n) is 14.0. The molecular formula is C31H38N4O6. The van der Waals surface area contributed by atoms with E-state index in [0.29, 0.717) is 51.5 Å². The number of nitrogens with zero attached hydrogens (tertiary/aromatic N) is 2. The summed E-state index contributed by atoms with van der Waals surface area (Å²) in [6, 6.07) is 17.0. The molecule has 1 heterocycles. The number of unbranched alkanes of at least 4 members (excludes halogenated alkanes) is 2. The topological polar surface area (TPSA) is 137 Å². The van der Waals surface area contributed by atoms with Gasteiger partial charge in [0.25, 0.3) is 0 Å². The second kappa shape index (κ2) is 17.4. The lowest BCUT2D eigenvalue weighted by Crippen LogP contribution is -2.35. The first-order chi connectivity index (χ1) is 19.9. The van der Waals surface area contributed by atoms with Gasteiger partial charge in [-0.1, -0.05) is 73.2 Å². The van der Waals surface area contributed by atoms with Crippen molar-refractivity contribution in [2.75, 3.05) is 6.54 Å². The minimum absolute atomic E-state index is 0.0165. The molecule has 3 amide bonds. The zero-order valence-corrected chi connectivity index (χ0v) is 23.2. The summed E-state index contributed by atoms with van der Waals surface area (Å²) in [7, 11) is 0. The van der Waals surface area contributed by atoms with E-state index in [1.165, 1.54) is 0 Å². The molecule has 3 rings (SSSR count). The molecule has 0 saturated heterocycles. The SMILES string of the molecule is O=C(CCCCCC(=O)N/N=C/c1ccc(CN2C[C@H](c3ccccc3)OC(=O)CC/C=C/CCC2=O)cc1)NO. The second-order valence-electron chi connectivity index (χ2n) is 9.84. The molecule has 0 unspecified atom stereocenters. The monoisotopic (exact) mass is 562 g/mol. The van der Waals surface area contributed by atoms with Crippen molar-refractivity contribution in [3.8, 4) is 0 Å². The maximum Gasteiger partial charge on any atom is 0.306 e. The van der Waals surface area contributed by atoms with Crippen molar-refractivity contribution in [2.24, 2.45) is 5.10 Å². The summed E-state index contributed by atoms with van der Waals surface area (Å²) in [5, 5.41) is 12.5. The van der Waals surface area contributed by atoms with Crippen LogP contribution < -0.4 is 10.9 Å². The molecule has 0 aromatic heterocycles. The Morgan fingerprint density at radius 2 is 1.61 bits per heavy atom. The van der Waals surface area contributed by atoms with Crippen LogP contribution >= 0.6 is 0 Å². The fourth-order valence-electron chi connectivity index (χ4n) is 4.32. The molecule has 1 aliphatic heterocycles. The van der Waals surface area contributed by atoms with Gasteiger partial charge in [-0.15, -0.1) is 0 Å². The molecule has 2 aromatic carbocycles. The fraction of sp³-hybridized carbons (Fsp3) is 0.387. The van der Waals surface area contributed by atoms with Crippen molar-refractivity contribution in [3.63, 3.8) is 0 Å². The number of allylic oxidation sites excluding steroid dienone is 2. The molecule has 10 heteroatoms. The summed E-state index contributed by atoms with van der Waals surface area (Å²) in [4.78, 5) is 50.3. The maximum atomic E-state index is 13.2. The average molecular weight is 563 g/mol. The molecule has 0 radical (unpaired) electrons. The van der Waals surface area contributed by atoms with Gasteiger partial charge in [-0.25, -0.2) is 10.9 Å². The summed E-state index contributed by atoms with van der Waals surface area (Å²) in [5.41, 5.74) is 6.62. The van der Waals surface area contributed by atoms with Crippen molar-refractivity contribution < 1.29 is 29.1 Å². The Morgan fingerprint density at radius 1 is 0.927 bits per heavy atom. The highest BCUT2D eigenvalue weighted by molar-refractivity contribution is 5.82. The Kier molecular flexibility index (Phi) is 13.2. The molecular weight excluding hydrogens is 524 g/mol. The molecule has 0 aliphatic carbocycles. The van der Waals surface area contributed by atoms with E-state index >= 15 is 0 Å². The van der Waals surface area contributed by atoms with Crippen molar-refractivity contribution in [1.82, 2.24) is 15.8 Å². The summed E-state index contributed by atoms with van der Waals surface area (Å²) in [6.45, 7) is 0.611. The highest BCUT2D eigenvalue weighted by atomic mass is 16.5. The number of hydrogen-bond acceptors (Lipinski definition) is 7. The number of hydrazone groups is 1. The number of ether oxygens (including phenoxy) is 1. The van der Waals surface area contributed by atoms with Crippen LogP contribution in [-0.4, -0.2) is 46.6 Å². The lowest BCUT2D eigenvalue weighted by Gasteiger charge is -2.28. The Labute approximate surface area is 240 Å². The summed E-state index contributed by atoms with van der Waals surface area (Å²) in [5.74, 6) is -0.965. The first-order valence-corrected chi connectivity index (χ1v) is 14.0. The van der Waals surface area contributed by atoms with Crippen LogP contribution in [0, 0.1) is 0 Å². The van der Waals surface area contributed by atoms with Crippen LogP contribution in [0.5, 0.6) is 0 Å². The van der Waals surface area contributed by atoms with E-state index < -0.39 is 12.0 Å². The third-order valence-corrected chi connectivity index (χ3v) is 6.58. The fourth-order valence-corrected chi connectivity index (χ4v) is 4.32. The molecule has 10 nitrogen and oxygen atoms in total. The predicted molar refractivity (Wildman–Crippen MR) is 153 cm³/mol. The van der Waals surface area contributed by atoms with Crippen LogP contribution in [0.25, 0.3) is 0 Å². The number of amides is 3. The van der Waals surface area contributed by atoms with Gasteiger partial charge in [-0.2, -0.15) is 5.10 Å². The third-order valence-electron chi connectivity index (χ3n) is 6.58. The van der Waals surface area contributed by atoms with Gasteiger partial charge in [-0.05, 0) is 42.4 Å². The van der Waals surface area contributed by atoms with Crippen LogP contribution in [0.2, 0.25) is 0 Å². The molecule has 2 aromatic rings. The number of nitrogens with one attached hydrogen (secondary N) is 2. The van der Waals surface area contributed by atoms with E-state index in [1.54, 1.807) is 16.6 Å². The maximum absolute atomic E-state index is 13.2. The molecule has 0 saturated carbocycles. The van der Waals surface area contributed by atoms with Crippen LogP contribution in [-0.2, 0) is 30.5 Å². The largest absolute Gasteiger partial charge is 0.456 e. The summed E-state index contributed by atoms with van der Waals surface area (Å²) in [6.07, 6.45) is 9.11. The van der Waals surface area contributed by atoms with Gasteiger partial charge in [0, 0.05) is 32.2 Å². The normalized spacial score (nSPS) is 17.3. The van der Waals surface area contributed by atoms with Crippen molar-refractivity contribution in [3.05, 3.63) is 83.4 Å². The van der Waals surface area contributed by atoms with Crippen molar-refractivity contribution in [2.45, 2.75) is 70.4 Å². The standard InChI is InChI=1S/C31H38N4O6/c36-28(13-7-4-8-14-29(37)34-40)33-32-21-24-17-19-25(20-18-24)22-35-23-27(26-11-5-3-6-12-26)41-31(39)16-10-2-1-9-15-30(35)38/h1-3,5-6,11-12,17-21,27,40H,4,7-10,13-16,22-23H2,(H,33,36)(H,34,37)/b2-1+,32-21+/t27-/m1/s1. The lowest BCUT2D eigenvalue weighted by atomic mass is 10.1. The van der Waals surface area contributed by atoms with E-state index in [9.17, 15) is 19.2 Å². The van der Waals surface area contributed by atoms with Gasteiger partial charge in [0.15, 0.2) is 0 Å². The third kappa shape index (κ3) is 11.8.